The van der Waals surface area contributed by atoms with Gasteiger partial charge >= 0.3 is 5.69 Å². The van der Waals surface area contributed by atoms with E-state index in [0.717, 1.165) is 42.3 Å². The highest BCUT2D eigenvalue weighted by Gasteiger charge is 2.25. The number of hydrogen-bond acceptors (Lipinski definition) is 3. The van der Waals surface area contributed by atoms with E-state index < -0.39 is 0 Å². The predicted molar refractivity (Wildman–Crippen MR) is 104 cm³/mol. The summed E-state index contributed by atoms with van der Waals surface area (Å²) in [7, 11) is 1.94. The van der Waals surface area contributed by atoms with E-state index in [0.29, 0.717) is 6.54 Å². The van der Waals surface area contributed by atoms with Gasteiger partial charge in [0.1, 0.15) is 6.54 Å². The number of aromatic nitrogens is 4. The molecule has 142 valence electrons. The van der Waals surface area contributed by atoms with Crippen molar-refractivity contribution in [2.75, 3.05) is 0 Å². The predicted octanol–water partition coefficient (Wildman–Crippen LogP) is 2.14. The maximum absolute atomic E-state index is 12.8. The molecule has 3 aromatic rings. The van der Waals surface area contributed by atoms with Crippen LogP contribution in [0.25, 0.3) is 11.0 Å². The molecule has 0 radical (unpaired) electrons. The van der Waals surface area contributed by atoms with E-state index in [1.165, 1.54) is 5.69 Å². The molecule has 0 aliphatic heterocycles. The first-order valence-corrected chi connectivity index (χ1v) is 9.58. The summed E-state index contributed by atoms with van der Waals surface area (Å²) in [6.45, 7) is 2.72. The average molecular weight is 367 g/mol. The fourth-order valence-electron chi connectivity index (χ4n) is 4.10. The van der Waals surface area contributed by atoms with Crippen molar-refractivity contribution >= 4 is 16.9 Å². The van der Waals surface area contributed by atoms with Gasteiger partial charge in [0.2, 0.25) is 5.91 Å². The van der Waals surface area contributed by atoms with E-state index >= 15 is 0 Å². The summed E-state index contributed by atoms with van der Waals surface area (Å²) < 4.78 is 5.21. The zero-order valence-corrected chi connectivity index (χ0v) is 15.8. The molecule has 0 spiro atoms. The Morgan fingerprint density at radius 2 is 2.00 bits per heavy atom. The minimum atomic E-state index is -0.141. The summed E-state index contributed by atoms with van der Waals surface area (Å²) in [6.07, 6.45) is 5.62. The van der Waals surface area contributed by atoms with Crippen molar-refractivity contribution in [1.82, 2.24) is 24.2 Å². The number of aryl methyl sites for hydroxylation is 2. The number of fused-ring (bicyclic) bond motifs is 2. The number of imidazole rings is 1. The Kier molecular flexibility index (Phi) is 4.59. The SMILES string of the molecule is CCCn1c(=O)n(CC(=O)N[C@H]2CCCc3c2cnn3C)c2ccccc21. The highest BCUT2D eigenvalue weighted by Crippen LogP contribution is 2.29. The second kappa shape index (κ2) is 7.06. The summed E-state index contributed by atoms with van der Waals surface area (Å²) in [4.78, 5) is 25.6. The second-order valence-corrected chi connectivity index (χ2v) is 7.19. The Bertz CT molecular complexity index is 1040. The Hall–Kier alpha value is -2.83. The third-order valence-corrected chi connectivity index (χ3v) is 5.38. The Morgan fingerprint density at radius 1 is 1.26 bits per heavy atom. The number of hydrogen-bond donors (Lipinski definition) is 1. The van der Waals surface area contributed by atoms with Crippen LogP contribution in [0.4, 0.5) is 0 Å². The van der Waals surface area contributed by atoms with Crippen molar-refractivity contribution < 1.29 is 4.79 Å². The van der Waals surface area contributed by atoms with E-state index in [1.807, 2.05) is 49.1 Å². The monoisotopic (exact) mass is 367 g/mol. The number of benzene rings is 1. The minimum absolute atomic E-state index is 0.0299. The zero-order valence-electron chi connectivity index (χ0n) is 15.8. The fraction of sp³-hybridized carbons (Fsp3) is 0.450. The molecule has 1 aromatic carbocycles. The van der Waals surface area contributed by atoms with Crippen molar-refractivity contribution in [2.24, 2.45) is 7.05 Å². The topological polar surface area (TPSA) is 73.8 Å². The van der Waals surface area contributed by atoms with Crippen molar-refractivity contribution in [2.45, 2.75) is 51.7 Å². The minimum Gasteiger partial charge on any atom is -0.348 e. The van der Waals surface area contributed by atoms with Gasteiger partial charge < -0.3 is 5.32 Å². The van der Waals surface area contributed by atoms with Crippen LogP contribution in [0.2, 0.25) is 0 Å². The number of carbonyl (C=O) groups is 1. The standard InChI is InChI=1S/C20H25N5O2/c1-3-11-24-17-8-4-5-9-18(17)25(20(24)27)13-19(26)22-15-7-6-10-16-14(15)12-21-23(16)2/h4-5,8-9,12,15H,3,6-7,10-11,13H2,1-2H3,(H,22,26)/t15-/m0/s1. The van der Waals surface area contributed by atoms with Crippen molar-refractivity contribution in [3.8, 4) is 0 Å². The maximum atomic E-state index is 12.8. The van der Waals surface area contributed by atoms with Gasteiger partial charge in [-0.1, -0.05) is 19.1 Å². The number of carbonyl (C=O) groups excluding carboxylic acids is 1. The normalized spacial score (nSPS) is 16.4. The lowest BCUT2D eigenvalue weighted by Gasteiger charge is -2.23. The largest absolute Gasteiger partial charge is 0.348 e. The van der Waals surface area contributed by atoms with Crippen LogP contribution >= 0.6 is 0 Å². The highest BCUT2D eigenvalue weighted by molar-refractivity contribution is 5.81. The van der Waals surface area contributed by atoms with Gasteiger partial charge in [0, 0.05) is 24.8 Å². The van der Waals surface area contributed by atoms with E-state index in [4.69, 9.17) is 0 Å². The van der Waals surface area contributed by atoms with Crippen LogP contribution < -0.4 is 11.0 Å². The zero-order chi connectivity index (χ0) is 19.0. The van der Waals surface area contributed by atoms with Gasteiger partial charge in [-0.2, -0.15) is 5.10 Å². The van der Waals surface area contributed by atoms with Gasteiger partial charge in [0.25, 0.3) is 0 Å². The number of nitrogens with zero attached hydrogens (tertiary/aromatic N) is 4. The van der Waals surface area contributed by atoms with E-state index in [1.54, 1.807) is 9.13 Å². The molecule has 0 bridgehead atoms. The lowest BCUT2D eigenvalue weighted by molar-refractivity contribution is -0.122. The number of amides is 1. The molecule has 1 atom stereocenters. The lowest BCUT2D eigenvalue weighted by atomic mass is 9.93. The van der Waals surface area contributed by atoms with E-state index in [9.17, 15) is 9.59 Å². The van der Waals surface area contributed by atoms with Gasteiger partial charge in [-0.25, -0.2) is 4.79 Å². The quantitative estimate of drug-likeness (QED) is 0.751. The van der Waals surface area contributed by atoms with Crippen LogP contribution in [-0.4, -0.2) is 24.8 Å². The Balaban J connectivity index is 1.59. The third-order valence-electron chi connectivity index (χ3n) is 5.38. The first-order valence-electron chi connectivity index (χ1n) is 9.58. The number of nitrogens with one attached hydrogen (secondary N) is 1. The van der Waals surface area contributed by atoms with Crippen molar-refractivity contribution in [3.05, 3.63) is 52.2 Å². The molecule has 27 heavy (non-hydrogen) atoms. The first kappa shape index (κ1) is 17.6. The number of rotatable bonds is 5. The van der Waals surface area contributed by atoms with Gasteiger partial charge in [-0.15, -0.1) is 0 Å². The molecular weight excluding hydrogens is 342 g/mol. The summed E-state index contributed by atoms with van der Waals surface area (Å²) in [5, 5.41) is 7.43. The average Bonchev–Trinajstić information content (AvgIpc) is 3.17. The van der Waals surface area contributed by atoms with E-state index in [-0.39, 0.29) is 24.2 Å². The van der Waals surface area contributed by atoms with Crippen LogP contribution in [0.1, 0.15) is 43.5 Å². The van der Waals surface area contributed by atoms with Crippen LogP contribution in [-0.2, 0) is 31.4 Å². The molecule has 0 unspecified atom stereocenters. The Labute approximate surface area is 157 Å². The molecule has 1 aliphatic carbocycles. The smallest absolute Gasteiger partial charge is 0.329 e. The molecule has 0 saturated carbocycles. The molecular formula is C20H25N5O2. The van der Waals surface area contributed by atoms with Crippen LogP contribution in [0.5, 0.6) is 0 Å². The molecule has 2 heterocycles. The molecule has 2 aromatic heterocycles. The Morgan fingerprint density at radius 3 is 2.74 bits per heavy atom. The van der Waals surface area contributed by atoms with Crippen LogP contribution in [0.15, 0.2) is 35.3 Å². The van der Waals surface area contributed by atoms with Gasteiger partial charge in [-0.05, 0) is 37.8 Å². The molecule has 4 rings (SSSR count). The van der Waals surface area contributed by atoms with Gasteiger partial charge in [0.15, 0.2) is 0 Å². The third kappa shape index (κ3) is 3.07. The van der Waals surface area contributed by atoms with Crippen LogP contribution in [0.3, 0.4) is 0 Å². The number of para-hydroxylation sites is 2. The summed E-state index contributed by atoms with van der Waals surface area (Å²) >= 11 is 0. The molecule has 0 fully saturated rings. The summed E-state index contributed by atoms with van der Waals surface area (Å²) in [6, 6.07) is 7.62. The van der Waals surface area contributed by atoms with Crippen molar-refractivity contribution in [1.29, 1.82) is 0 Å². The van der Waals surface area contributed by atoms with E-state index in [2.05, 4.69) is 10.4 Å². The lowest BCUT2D eigenvalue weighted by Crippen LogP contribution is -2.36. The molecule has 7 nitrogen and oxygen atoms in total. The molecule has 1 aliphatic rings. The van der Waals surface area contributed by atoms with Gasteiger partial charge in [0.05, 0.1) is 23.3 Å². The highest BCUT2D eigenvalue weighted by atomic mass is 16.2. The summed E-state index contributed by atoms with van der Waals surface area (Å²) in [5.74, 6) is -0.141. The van der Waals surface area contributed by atoms with Gasteiger partial charge in [-0.3, -0.25) is 18.6 Å². The second-order valence-electron chi connectivity index (χ2n) is 7.19. The molecule has 1 N–H and O–H groups in total. The summed E-state index contributed by atoms with van der Waals surface area (Å²) in [5.41, 5.74) is 3.83. The first-order chi connectivity index (χ1) is 13.1. The molecule has 0 saturated heterocycles. The maximum Gasteiger partial charge on any atom is 0.329 e. The molecule has 7 heteroatoms. The fourth-order valence-corrected chi connectivity index (χ4v) is 4.10. The van der Waals surface area contributed by atoms with Crippen LogP contribution in [0, 0.1) is 0 Å². The molecule has 1 amide bonds. The van der Waals surface area contributed by atoms with Crippen molar-refractivity contribution in [3.63, 3.8) is 0 Å².